The monoisotopic (exact) mass is 176 g/mol. The van der Waals surface area contributed by atoms with Crippen molar-refractivity contribution in [3.05, 3.63) is 0 Å². The number of hydrazine groups is 2. The second-order valence-electron chi connectivity index (χ2n) is 2.91. The maximum absolute atomic E-state index is 2.38. The zero-order valence-electron chi connectivity index (χ0n) is 7.20. The summed E-state index contributed by atoms with van der Waals surface area (Å²) in [4.78, 5) is 0. The van der Waals surface area contributed by atoms with Crippen LogP contribution in [-0.4, -0.2) is 66.6 Å². The van der Waals surface area contributed by atoms with Crippen LogP contribution in [0.1, 0.15) is 0 Å². The standard InChI is InChI=1S/C4H16N4Si2/c1-5-6(2)10-8(4)7(3)9-5/h9-10H2,1-4H3. The average molecular weight is 176 g/mol. The maximum atomic E-state index is 2.38. The second-order valence-corrected chi connectivity index (χ2v) is 7.14. The molecule has 0 aromatic rings. The van der Waals surface area contributed by atoms with Gasteiger partial charge in [0.15, 0.2) is 0 Å². The summed E-state index contributed by atoms with van der Waals surface area (Å²) in [6.45, 7) is 0. The number of hydrogen-bond donors (Lipinski definition) is 0. The van der Waals surface area contributed by atoms with Gasteiger partial charge in [0.2, 0.25) is 19.7 Å². The van der Waals surface area contributed by atoms with E-state index in [0.717, 1.165) is 0 Å². The van der Waals surface area contributed by atoms with Gasteiger partial charge in [-0.15, -0.1) is 0 Å². The van der Waals surface area contributed by atoms with Crippen LogP contribution < -0.4 is 0 Å². The minimum atomic E-state index is -0.184. The second kappa shape index (κ2) is 3.12. The zero-order chi connectivity index (χ0) is 7.72. The predicted molar refractivity (Wildman–Crippen MR) is 48.1 cm³/mol. The van der Waals surface area contributed by atoms with Gasteiger partial charge in [0.1, 0.15) is 0 Å². The molecule has 0 unspecified atom stereocenters. The van der Waals surface area contributed by atoms with Crippen molar-refractivity contribution >= 4 is 19.7 Å². The molecule has 1 fully saturated rings. The van der Waals surface area contributed by atoms with Crippen LogP contribution in [0.4, 0.5) is 0 Å². The Morgan fingerprint density at radius 2 is 0.800 bits per heavy atom. The van der Waals surface area contributed by atoms with Crippen molar-refractivity contribution < 1.29 is 0 Å². The largest absolute Gasteiger partial charge is 0.261 e. The van der Waals surface area contributed by atoms with Crippen LogP contribution in [-0.2, 0) is 0 Å². The number of hydrogen-bond acceptors (Lipinski definition) is 4. The van der Waals surface area contributed by atoms with Crippen LogP contribution in [0.5, 0.6) is 0 Å². The molecule has 1 saturated heterocycles. The van der Waals surface area contributed by atoms with Crippen molar-refractivity contribution in [1.29, 1.82) is 0 Å². The first-order valence-electron chi connectivity index (χ1n) is 3.45. The van der Waals surface area contributed by atoms with E-state index in [2.05, 4.69) is 46.9 Å². The zero-order valence-corrected chi connectivity index (χ0v) is 10.0. The minimum Gasteiger partial charge on any atom is -0.261 e. The molecule has 0 radical (unpaired) electrons. The van der Waals surface area contributed by atoms with Gasteiger partial charge >= 0.3 is 0 Å². The van der Waals surface area contributed by atoms with Crippen molar-refractivity contribution in [3.63, 3.8) is 0 Å². The first-order valence-corrected chi connectivity index (χ1v) is 5.98. The Hall–Kier alpha value is 0.274. The minimum absolute atomic E-state index is 0.184. The molecule has 0 atom stereocenters. The van der Waals surface area contributed by atoms with Crippen LogP contribution >= 0.6 is 0 Å². The van der Waals surface area contributed by atoms with E-state index in [-0.39, 0.29) is 19.7 Å². The van der Waals surface area contributed by atoms with Gasteiger partial charge in [-0.25, -0.2) is 0 Å². The van der Waals surface area contributed by atoms with E-state index in [9.17, 15) is 0 Å². The molecule has 60 valence electrons. The molecule has 0 bridgehead atoms. The third kappa shape index (κ3) is 1.65. The first-order chi connectivity index (χ1) is 4.61. The Bertz CT molecular complexity index is 95.8. The SMILES string of the molecule is CN1[SiH2]N(C)N(C)[SiH2]N1C. The van der Waals surface area contributed by atoms with E-state index in [4.69, 9.17) is 0 Å². The van der Waals surface area contributed by atoms with Gasteiger partial charge in [-0.1, -0.05) is 0 Å². The third-order valence-corrected chi connectivity index (χ3v) is 6.35. The number of rotatable bonds is 0. The molecule has 0 N–H and O–H groups in total. The summed E-state index contributed by atoms with van der Waals surface area (Å²) >= 11 is 0. The number of nitrogens with zero attached hydrogens (tertiary/aromatic N) is 4. The molecule has 6 heteroatoms. The quantitative estimate of drug-likeness (QED) is 0.380. The molecule has 1 rings (SSSR count). The van der Waals surface area contributed by atoms with Gasteiger partial charge in [-0.05, 0) is 28.2 Å². The third-order valence-electron chi connectivity index (χ3n) is 1.98. The molecule has 0 aliphatic carbocycles. The van der Waals surface area contributed by atoms with Crippen LogP contribution in [0.3, 0.4) is 0 Å². The van der Waals surface area contributed by atoms with Gasteiger partial charge in [0.05, 0.1) is 0 Å². The van der Waals surface area contributed by atoms with Crippen LogP contribution in [0.25, 0.3) is 0 Å². The summed E-state index contributed by atoms with van der Waals surface area (Å²) in [5, 5.41) is 0. The Labute approximate surface area is 67.3 Å². The molecule has 1 aliphatic rings. The van der Waals surface area contributed by atoms with Gasteiger partial charge in [0.25, 0.3) is 0 Å². The molecule has 0 aromatic carbocycles. The summed E-state index contributed by atoms with van der Waals surface area (Å²) in [6.07, 6.45) is 0. The van der Waals surface area contributed by atoms with E-state index in [1.54, 1.807) is 0 Å². The lowest BCUT2D eigenvalue weighted by Gasteiger charge is -2.43. The van der Waals surface area contributed by atoms with E-state index < -0.39 is 0 Å². The molecule has 1 heterocycles. The molecule has 4 nitrogen and oxygen atoms in total. The highest BCUT2D eigenvalue weighted by molar-refractivity contribution is 6.37. The molecular formula is C4H16N4Si2. The summed E-state index contributed by atoms with van der Waals surface area (Å²) < 4.78 is 9.52. The Kier molecular flexibility index (Phi) is 2.61. The highest BCUT2D eigenvalue weighted by Gasteiger charge is 2.20. The Balaban J connectivity index is 2.46. The lowest BCUT2D eigenvalue weighted by molar-refractivity contribution is 0.108. The van der Waals surface area contributed by atoms with Crippen molar-refractivity contribution in [2.45, 2.75) is 0 Å². The van der Waals surface area contributed by atoms with Crippen LogP contribution in [0.2, 0.25) is 0 Å². The normalized spacial score (nSPS) is 32.4. The fraction of sp³-hybridized carbons (Fsp3) is 1.00. The Morgan fingerprint density at radius 3 is 1.00 bits per heavy atom. The Morgan fingerprint density at radius 1 is 0.600 bits per heavy atom. The molecule has 1 aliphatic heterocycles. The van der Waals surface area contributed by atoms with Crippen LogP contribution in [0, 0.1) is 0 Å². The van der Waals surface area contributed by atoms with Gasteiger partial charge < -0.3 is 0 Å². The smallest absolute Gasteiger partial charge is 0.200 e. The molecule has 10 heavy (non-hydrogen) atoms. The van der Waals surface area contributed by atoms with E-state index in [0.29, 0.717) is 0 Å². The van der Waals surface area contributed by atoms with E-state index >= 15 is 0 Å². The van der Waals surface area contributed by atoms with Gasteiger partial charge in [0, 0.05) is 0 Å². The van der Waals surface area contributed by atoms with Crippen LogP contribution in [0.15, 0.2) is 0 Å². The van der Waals surface area contributed by atoms with Crippen molar-refractivity contribution in [2.24, 2.45) is 0 Å². The summed E-state index contributed by atoms with van der Waals surface area (Å²) in [6, 6.07) is 0. The fourth-order valence-electron chi connectivity index (χ4n) is 1.02. The first kappa shape index (κ1) is 8.37. The highest BCUT2D eigenvalue weighted by atomic mass is 28.2. The maximum Gasteiger partial charge on any atom is 0.200 e. The molecule has 0 aromatic heterocycles. The van der Waals surface area contributed by atoms with Crippen molar-refractivity contribution in [2.75, 3.05) is 28.2 Å². The molecule has 0 amide bonds. The molecule has 0 spiro atoms. The van der Waals surface area contributed by atoms with Crippen molar-refractivity contribution in [1.82, 2.24) is 18.7 Å². The average Bonchev–Trinajstić information content (AvgIpc) is 1.84. The summed E-state index contributed by atoms with van der Waals surface area (Å²) in [5.41, 5.74) is 0. The predicted octanol–water partition coefficient (Wildman–Crippen LogP) is -2.45. The topological polar surface area (TPSA) is 13.0 Å². The molecule has 0 saturated carbocycles. The van der Waals surface area contributed by atoms with E-state index in [1.807, 2.05) is 0 Å². The highest BCUT2D eigenvalue weighted by Crippen LogP contribution is 1.99. The van der Waals surface area contributed by atoms with Gasteiger partial charge in [-0.2, -0.15) is 0 Å². The van der Waals surface area contributed by atoms with Gasteiger partial charge in [-0.3, -0.25) is 18.7 Å². The van der Waals surface area contributed by atoms with E-state index in [1.165, 1.54) is 0 Å². The molecular weight excluding hydrogens is 160 g/mol. The van der Waals surface area contributed by atoms with Crippen molar-refractivity contribution in [3.8, 4) is 0 Å². The lowest BCUT2D eigenvalue weighted by Crippen LogP contribution is -2.62. The summed E-state index contributed by atoms with van der Waals surface area (Å²) in [5.74, 6) is 0. The lowest BCUT2D eigenvalue weighted by atomic mass is 11.4. The summed E-state index contributed by atoms with van der Waals surface area (Å²) in [7, 11) is 8.36. The fourth-order valence-corrected chi connectivity index (χ4v) is 4.15.